The van der Waals surface area contributed by atoms with Crippen LogP contribution in [0.15, 0.2) is 18.2 Å². The maximum atomic E-state index is 5.89. The maximum Gasteiger partial charge on any atom is 0.170 e. The van der Waals surface area contributed by atoms with Crippen LogP contribution < -0.4 is 10.6 Å². The normalized spacial score (nSPS) is 12.0. The van der Waals surface area contributed by atoms with Crippen LogP contribution in [0.2, 0.25) is 10.0 Å². The molecular formula is C11H14Cl2N2S. The van der Waals surface area contributed by atoms with Gasteiger partial charge in [0.1, 0.15) is 0 Å². The SMILES string of the molecule is CC[C@H](C)NC(=S)Nc1ccc(Cl)c(Cl)c1. The minimum absolute atomic E-state index is 0.350. The number of rotatable bonds is 3. The molecule has 0 aliphatic carbocycles. The van der Waals surface area contributed by atoms with Gasteiger partial charge in [-0.1, -0.05) is 30.1 Å². The molecule has 1 aromatic carbocycles. The Hall–Kier alpha value is -0.510. The van der Waals surface area contributed by atoms with Crippen LogP contribution >= 0.6 is 35.4 Å². The van der Waals surface area contributed by atoms with Crippen molar-refractivity contribution in [2.24, 2.45) is 0 Å². The third kappa shape index (κ3) is 4.16. The van der Waals surface area contributed by atoms with Gasteiger partial charge in [-0.2, -0.15) is 0 Å². The largest absolute Gasteiger partial charge is 0.360 e. The van der Waals surface area contributed by atoms with Crippen LogP contribution in [-0.2, 0) is 0 Å². The first kappa shape index (κ1) is 13.6. The Balaban J connectivity index is 2.59. The van der Waals surface area contributed by atoms with E-state index in [1.807, 2.05) is 6.07 Å². The van der Waals surface area contributed by atoms with Crippen LogP contribution in [0.3, 0.4) is 0 Å². The molecule has 0 aromatic heterocycles. The van der Waals surface area contributed by atoms with Crippen molar-refractivity contribution in [3.63, 3.8) is 0 Å². The lowest BCUT2D eigenvalue weighted by atomic mass is 10.3. The van der Waals surface area contributed by atoms with E-state index >= 15 is 0 Å². The third-order valence-corrected chi connectivity index (χ3v) is 3.13. The predicted octanol–water partition coefficient (Wildman–Crippen LogP) is 4.08. The molecule has 0 unspecified atom stereocenters. The molecule has 1 aromatic rings. The molecule has 0 spiro atoms. The number of hydrogen-bond donors (Lipinski definition) is 2. The monoisotopic (exact) mass is 276 g/mol. The standard InChI is InChI=1S/C11H14Cl2N2S/c1-3-7(2)14-11(16)15-8-4-5-9(12)10(13)6-8/h4-7H,3H2,1-2H3,(H2,14,15,16)/t7-/m0/s1. The van der Waals surface area contributed by atoms with Gasteiger partial charge in [0, 0.05) is 11.7 Å². The molecule has 2 N–H and O–H groups in total. The maximum absolute atomic E-state index is 5.89. The highest BCUT2D eigenvalue weighted by Gasteiger charge is 2.03. The van der Waals surface area contributed by atoms with Gasteiger partial charge in [-0.15, -0.1) is 0 Å². The summed E-state index contributed by atoms with van der Waals surface area (Å²) < 4.78 is 0. The average Bonchev–Trinajstić information content (AvgIpc) is 2.23. The summed E-state index contributed by atoms with van der Waals surface area (Å²) in [6, 6.07) is 5.66. The number of nitrogens with one attached hydrogen (secondary N) is 2. The first-order valence-corrected chi connectivity index (χ1v) is 6.22. The molecule has 1 rings (SSSR count). The van der Waals surface area contributed by atoms with Gasteiger partial charge in [-0.3, -0.25) is 0 Å². The van der Waals surface area contributed by atoms with E-state index in [0.29, 0.717) is 21.2 Å². The van der Waals surface area contributed by atoms with Crippen molar-refractivity contribution in [3.05, 3.63) is 28.2 Å². The zero-order valence-corrected chi connectivity index (χ0v) is 11.5. The van der Waals surface area contributed by atoms with Gasteiger partial charge in [0.15, 0.2) is 5.11 Å². The van der Waals surface area contributed by atoms with E-state index in [1.54, 1.807) is 12.1 Å². The van der Waals surface area contributed by atoms with Gasteiger partial charge >= 0.3 is 0 Å². The highest BCUT2D eigenvalue weighted by molar-refractivity contribution is 7.80. The van der Waals surface area contributed by atoms with Gasteiger partial charge in [0.2, 0.25) is 0 Å². The Bertz CT molecular complexity index is 382. The van der Waals surface area contributed by atoms with Crippen molar-refractivity contribution in [1.29, 1.82) is 0 Å². The first-order valence-electron chi connectivity index (χ1n) is 5.05. The van der Waals surface area contributed by atoms with Gasteiger partial charge < -0.3 is 10.6 Å². The second-order valence-corrected chi connectivity index (χ2v) is 4.76. The Morgan fingerprint density at radius 3 is 2.62 bits per heavy atom. The number of thiocarbonyl (C=S) groups is 1. The quantitative estimate of drug-likeness (QED) is 0.814. The fourth-order valence-corrected chi connectivity index (χ4v) is 1.68. The fourth-order valence-electron chi connectivity index (χ4n) is 1.07. The summed E-state index contributed by atoms with van der Waals surface area (Å²) in [6.45, 7) is 4.17. The van der Waals surface area contributed by atoms with E-state index < -0.39 is 0 Å². The molecule has 0 bridgehead atoms. The summed E-state index contributed by atoms with van der Waals surface area (Å²) in [4.78, 5) is 0. The number of hydrogen-bond acceptors (Lipinski definition) is 1. The van der Waals surface area contributed by atoms with Crippen molar-refractivity contribution < 1.29 is 0 Å². The molecule has 0 amide bonds. The summed E-state index contributed by atoms with van der Waals surface area (Å²) in [7, 11) is 0. The number of anilines is 1. The molecule has 0 saturated heterocycles. The molecule has 0 aliphatic rings. The van der Waals surface area contributed by atoms with Crippen LogP contribution in [0.4, 0.5) is 5.69 Å². The summed E-state index contributed by atoms with van der Waals surface area (Å²) in [5, 5.41) is 7.85. The Labute approximate surface area is 111 Å². The fraction of sp³-hybridized carbons (Fsp3) is 0.364. The topological polar surface area (TPSA) is 24.1 Å². The molecule has 16 heavy (non-hydrogen) atoms. The summed E-state index contributed by atoms with van der Waals surface area (Å²) in [5.41, 5.74) is 0.829. The Kier molecular flexibility index (Phi) is 5.32. The van der Waals surface area contributed by atoms with Crippen molar-refractivity contribution in [3.8, 4) is 0 Å². The smallest absolute Gasteiger partial charge is 0.170 e. The van der Waals surface area contributed by atoms with E-state index in [-0.39, 0.29) is 0 Å². The molecule has 0 heterocycles. The number of halogens is 2. The van der Waals surface area contributed by atoms with Gasteiger partial charge in [-0.05, 0) is 43.8 Å². The highest BCUT2D eigenvalue weighted by Crippen LogP contribution is 2.24. The molecule has 2 nitrogen and oxygen atoms in total. The Morgan fingerprint density at radius 2 is 2.06 bits per heavy atom. The lowest BCUT2D eigenvalue weighted by molar-refractivity contribution is 0.646. The zero-order chi connectivity index (χ0) is 12.1. The second kappa shape index (κ2) is 6.28. The van der Waals surface area contributed by atoms with E-state index in [0.717, 1.165) is 12.1 Å². The summed E-state index contributed by atoms with van der Waals surface area (Å²) >= 11 is 16.9. The van der Waals surface area contributed by atoms with Crippen LogP contribution in [0.25, 0.3) is 0 Å². The summed E-state index contributed by atoms with van der Waals surface area (Å²) in [5.74, 6) is 0. The minimum Gasteiger partial charge on any atom is -0.360 e. The van der Waals surface area contributed by atoms with E-state index in [4.69, 9.17) is 35.4 Å². The lowest BCUT2D eigenvalue weighted by Gasteiger charge is -2.15. The van der Waals surface area contributed by atoms with Crippen molar-refractivity contribution in [2.45, 2.75) is 26.3 Å². The molecule has 0 aliphatic heterocycles. The highest BCUT2D eigenvalue weighted by atomic mass is 35.5. The predicted molar refractivity (Wildman–Crippen MR) is 75.6 cm³/mol. The van der Waals surface area contributed by atoms with E-state index in [9.17, 15) is 0 Å². The Morgan fingerprint density at radius 1 is 1.38 bits per heavy atom. The minimum atomic E-state index is 0.350. The molecule has 1 atom stereocenters. The van der Waals surface area contributed by atoms with Gasteiger partial charge in [-0.25, -0.2) is 0 Å². The van der Waals surface area contributed by atoms with Crippen molar-refractivity contribution in [1.82, 2.24) is 5.32 Å². The van der Waals surface area contributed by atoms with Crippen LogP contribution in [0.1, 0.15) is 20.3 Å². The van der Waals surface area contributed by atoms with Crippen LogP contribution in [0.5, 0.6) is 0 Å². The molecule has 88 valence electrons. The lowest BCUT2D eigenvalue weighted by Crippen LogP contribution is -2.35. The zero-order valence-electron chi connectivity index (χ0n) is 9.18. The average molecular weight is 277 g/mol. The number of benzene rings is 1. The first-order chi connectivity index (χ1) is 7.52. The molecule has 5 heteroatoms. The van der Waals surface area contributed by atoms with E-state index in [1.165, 1.54) is 0 Å². The van der Waals surface area contributed by atoms with Crippen molar-refractivity contribution >= 4 is 46.2 Å². The third-order valence-electron chi connectivity index (χ3n) is 2.17. The van der Waals surface area contributed by atoms with Crippen LogP contribution in [-0.4, -0.2) is 11.2 Å². The molecular weight excluding hydrogens is 263 g/mol. The van der Waals surface area contributed by atoms with Gasteiger partial charge in [0.05, 0.1) is 10.0 Å². The van der Waals surface area contributed by atoms with Gasteiger partial charge in [0.25, 0.3) is 0 Å². The van der Waals surface area contributed by atoms with Crippen LogP contribution in [0, 0.1) is 0 Å². The second-order valence-electron chi connectivity index (χ2n) is 3.54. The molecule has 0 saturated carbocycles. The summed E-state index contributed by atoms with van der Waals surface area (Å²) in [6.07, 6.45) is 1.02. The van der Waals surface area contributed by atoms with Crippen molar-refractivity contribution in [2.75, 3.05) is 5.32 Å². The molecule has 0 radical (unpaired) electrons. The molecule has 0 fully saturated rings. The van der Waals surface area contributed by atoms with E-state index in [2.05, 4.69) is 24.5 Å².